The van der Waals surface area contributed by atoms with Gasteiger partial charge in [0.15, 0.2) is 0 Å². The van der Waals surface area contributed by atoms with E-state index in [0.717, 1.165) is 21.9 Å². The van der Waals surface area contributed by atoms with Gasteiger partial charge in [0.05, 0.1) is 0 Å². The summed E-state index contributed by atoms with van der Waals surface area (Å²) in [7, 11) is 0. The molecule has 0 unspecified atom stereocenters. The van der Waals surface area contributed by atoms with Gasteiger partial charge in [-0.1, -0.05) is 158 Å². The maximum absolute atomic E-state index is 6.28. The summed E-state index contributed by atoms with van der Waals surface area (Å²) in [6.45, 7) is 0. The van der Waals surface area contributed by atoms with Gasteiger partial charge in [-0.3, -0.25) is 0 Å². The number of furan rings is 1. The van der Waals surface area contributed by atoms with Gasteiger partial charge in [0.2, 0.25) is 0 Å². The first-order chi connectivity index (χ1) is 24.3. The fourth-order valence-corrected chi connectivity index (χ4v) is 7.68. The van der Waals surface area contributed by atoms with E-state index in [2.05, 4.69) is 182 Å². The van der Waals surface area contributed by atoms with E-state index >= 15 is 0 Å². The highest BCUT2D eigenvalue weighted by Gasteiger charge is 2.17. The Labute approximate surface area is 284 Å². The van der Waals surface area contributed by atoms with Gasteiger partial charge in [0.25, 0.3) is 0 Å². The number of hydrogen-bond acceptors (Lipinski definition) is 1. The largest absolute Gasteiger partial charge is 0.456 e. The van der Waals surface area contributed by atoms with Crippen molar-refractivity contribution in [2.75, 3.05) is 0 Å². The molecule has 0 amide bonds. The molecule has 10 rings (SSSR count). The van der Waals surface area contributed by atoms with Crippen LogP contribution in [0.25, 0.3) is 98.8 Å². The number of fused-ring (bicyclic) bond motifs is 6. The van der Waals surface area contributed by atoms with Gasteiger partial charge in [-0.15, -0.1) is 0 Å². The lowest BCUT2D eigenvalue weighted by Gasteiger charge is -2.18. The molecule has 0 atom stereocenters. The van der Waals surface area contributed by atoms with Gasteiger partial charge in [-0.05, 0) is 101 Å². The summed E-state index contributed by atoms with van der Waals surface area (Å²) < 4.78 is 6.28. The third-order valence-corrected chi connectivity index (χ3v) is 10.1. The minimum absolute atomic E-state index is 0.915. The molecule has 1 nitrogen and oxygen atoms in total. The molecule has 0 aliphatic rings. The molecule has 1 heterocycles. The van der Waals surface area contributed by atoms with Crippen LogP contribution in [-0.2, 0) is 0 Å². The molecule has 0 spiro atoms. The Hall–Kier alpha value is -6.44. The third-order valence-electron chi connectivity index (χ3n) is 10.1. The highest BCUT2D eigenvalue weighted by atomic mass is 16.3. The van der Waals surface area contributed by atoms with Crippen molar-refractivity contribution in [3.8, 4) is 44.5 Å². The predicted molar refractivity (Wildman–Crippen MR) is 208 cm³/mol. The Morgan fingerprint density at radius 1 is 0.245 bits per heavy atom. The van der Waals surface area contributed by atoms with Gasteiger partial charge >= 0.3 is 0 Å². The Balaban J connectivity index is 1.09. The fraction of sp³-hybridized carbons (Fsp3) is 0. The van der Waals surface area contributed by atoms with E-state index in [1.54, 1.807) is 0 Å². The SMILES string of the molecule is c1ccc(-c2ccc(-c3c4ccccc4c(-c4ccc(-c5ccc6oc7cc8ccccc8cc7c6c5)cc4)c4ccccc34)cc2)cc1. The van der Waals surface area contributed by atoms with Gasteiger partial charge in [-0.2, -0.15) is 0 Å². The van der Waals surface area contributed by atoms with Crippen molar-refractivity contribution in [2.24, 2.45) is 0 Å². The summed E-state index contributed by atoms with van der Waals surface area (Å²) in [6, 6.07) is 65.8. The molecule has 228 valence electrons. The summed E-state index contributed by atoms with van der Waals surface area (Å²) in [5, 5.41) is 9.76. The zero-order valence-electron chi connectivity index (χ0n) is 26.7. The van der Waals surface area contributed by atoms with E-state index < -0.39 is 0 Å². The lowest BCUT2D eigenvalue weighted by molar-refractivity contribution is 0.669. The lowest BCUT2D eigenvalue weighted by atomic mass is 9.85. The van der Waals surface area contributed by atoms with Crippen molar-refractivity contribution >= 4 is 54.3 Å². The average molecular weight is 623 g/mol. The maximum atomic E-state index is 6.28. The van der Waals surface area contributed by atoms with Gasteiger partial charge in [-0.25, -0.2) is 0 Å². The molecule has 0 aliphatic carbocycles. The van der Waals surface area contributed by atoms with E-state index in [0.29, 0.717) is 0 Å². The van der Waals surface area contributed by atoms with Crippen LogP contribution >= 0.6 is 0 Å². The van der Waals surface area contributed by atoms with Gasteiger partial charge in [0, 0.05) is 10.8 Å². The molecule has 1 aromatic heterocycles. The van der Waals surface area contributed by atoms with Crippen molar-refractivity contribution in [3.63, 3.8) is 0 Å². The molecule has 1 heteroatoms. The van der Waals surface area contributed by atoms with Crippen LogP contribution in [0.15, 0.2) is 186 Å². The van der Waals surface area contributed by atoms with Crippen molar-refractivity contribution in [2.45, 2.75) is 0 Å². The Morgan fingerprint density at radius 3 is 1.22 bits per heavy atom. The smallest absolute Gasteiger partial charge is 0.136 e. The Kier molecular flexibility index (Phi) is 6.25. The molecule has 0 bridgehead atoms. The topological polar surface area (TPSA) is 13.1 Å². The van der Waals surface area contributed by atoms with Crippen LogP contribution < -0.4 is 0 Å². The van der Waals surface area contributed by atoms with Crippen LogP contribution in [0.2, 0.25) is 0 Å². The molecule has 10 aromatic rings. The predicted octanol–water partition coefficient (Wildman–Crippen LogP) is 13.7. The molecule has 0 saturated carbocycles. The minimum atomic E-state index is 0.915. The summed E-state index contributed by atoms with van der Waals surface area (Å²) in [5.41, 5.74) is 11.6. The van der Waals surface area contributed by atoms with Crippen LogP contribution in [-0.4, -0.2) is 0 Å². The van der Waals surface area contributed by atoms with Crippen molar-refractivity contribution in [3.05, 3.63) is 182 Å². The standard InChI is InChI=1S/C48H30O/c1-2-10-31(11-3-1)32-18-22-34(23-19-32)47-39-14-6-8-16-41(39)48(42-17-9-7-15-40(42)47)35-24-20-33(21-25-35)38-26-27-45-43(29-38)44-28-36-12-4-5-13-37(36)30-46(44)49-45/h1-30H. The van der Waals surface area contributed by atoms with E-state index in [9.17, 15) is 0 Å². The second kappa shape index (κ2) is 11.1. The monoisotopic (exact) mass is 622 g/mol. The maximum Gasteiger partial charge on any atom is 0.136 e. The van der Waals surface area contributed by atoms with Crippen molar-refractivity contribution in [1.29, 1.82) is 0 Å². The number of rotatable bonds is 4. The van der Waals surface area contributed by atoms with Crippen LogP contribution in [0.4, 0.5) is 0 Å². The Bertz CT molecular complexity index is 2780. The van der Waals surface area contributed by atoms with Gasteiger partial charge in [0.1, 0.15) is 11.2 Å². The quantitative estimate of drug-likeness (QED) is 0.178. The van der Waals surface area contributed by atoms with Crippen LogP contribution in [0, 0.1) is 0 Å². The molecular weight excluding hydrogens is 593 g/mol. The molecule has 0 N–H and O–H groups in total. The summed E-state index contributed by atoms with van der Waals surface area (Å²) >= 11 is 0. The molecule has 0 fully saturated rings. The molecular formula is C48H30O. The van der Waals surface area contributed by atoms with Crippen molar-refractivity contribution < 1.29 is 4.42 Å². The normalized spacial score (nSPS) is 11.7. The second-order valence-corrected chi connectivity index (χ2v) is 12.9. The van der Waals surface area contributed by atoms with E-state index in [4.69, 9.17) is 4.42 Å². The minimum Gasteiger partial charge on any atom is -0.456 e. The van der Waals surface area contributed by atoms with Crippen LogP contribution in [0.3, 0.4) is 0 Å². The van der Waals surface area contributed by atoms with E-state index in [1.807, 2.05) is 0 Å². The highest BCUT2D eigenvalue weighted by molar-refractivity contribution is 6.21. The lowest BCUT2D eigenvalue weighted by Crippen LogP contribution is -1.91. The zero-order valence-corrected chi connectivity index (χ0v) is 26.7. The molecule has 0 radical (unpaired) electrons. The summed E-state index contributed by atoms with van der Waals surface area (Å²) in [4.78, 5) is 0. The first-order valence-electron chi connectivity index (χ1n) is 16.8. The number of benzene rings is 9. The fourth-order valence-electron chi connectivity index (χ4n) is 7.68. The zero-order chi connectivity index (χ0) is 32.3. The van der Waals surface area contributed by atoms with Gasteiger partial charge < -0.3 is 4.42 Å². The molecule has 49 heavy (non-hydrogen) atoms. The average Bonchev–Trinajstić information content (AvgIpc) is 3.53. The van der Waals surface area contributed by atoms with E-state index in [-0.39, 0.29) is 0 Å². The van der Waals surface area contributed by atoms with Crippen LogP contribution in [0.5, 0.6) is 0 Å². The van der Waals surface area contributed by atoms with Crippen molar-refractivity contribution in [1.82, 2.24) is 0 Å². The first-order valence-corrected chi connectivity index (χ1v) is 16.8. The van der Waals surface area contributed by atoms with Crippen LogP contribution in [0.1, 0.15) is 0 Å². The Morgan fingerprint density at radius 2 is 0.653 bits per heavy atom. The molecule has 0 saturated heterocycles. The molecule has 0 aliphatic heterocycles. The second-order valence-electron chi connectivity index (χ2n) is 12.9. The third kappa shape index (κ3) is 4.55. The highest BCUT2D eigenvalue weighted by Crippen LogP contribution is 2.44. The van der Waals surface area contributed by atoms with E-state index in [1.165, 1.54) is 76.8 Å². The molecule has 9 aromatic carbocycles. The number of hydrogen-bond donors (Lipinski definition) is 0. The first kappa shape index (κ1) is 27.7. The summed E-state index contributed by atoms with van der Waals surface area (Å²) in [6.07, 6.45) is 0. The summed E-state index contributed by atoms with van der Waals surface area (Å²) in [5.74, 6) is 0.